The number of aryl methyl sites for hydroxylation is 2. The van der Waals surface area contributed by atoms with Crippen molar-refractivity contribution in [1.29, 1.82) is 0 Å². The molecule has 0 radical (unpaired) electrons. The van der Waals surface area contributed by atoms with E-state index in [1.165, 1.54) is 11.1 Å². The molecule has 1 aliphatic rings. The molecule has 0 bridgehead atoms. The molecular formula is C27H31N7O. The summed E-state index contributed by atoms with van der Waals surface area (Å²) in [4.78, 5) is 26.4. The van der Waals surface area contributed by atoms with Crippen LogP contribution in [0, 0.1) is 6.92 Å². The molecule has 35 heavy (non-hydrogen) atoms. The van der Waals surface area contributed by atoms with E-state index in [0.717, 1.165) is 42.0 Å². The minimum atomic E-state index is -0.268. The molecule has 180 valence electrons. The lowest BCUT2D eigenvalue weighted by molar-refractivity contribution is -0.126. The van der Waals surface area contributed by atoms with Gasteiger partial charge >= 0.3 is 0 Å². The third kappa shape index (κ3) is 4.88. The van der Waals surface area contributed by atoms with Crippen molar-refractivity contribution in [2.75, 3.05) is 31.6 Å². The van der Waals surface area contributed by atoms with E-state index in [-0.39, 0.29) is 11.9 Å². The van der Waals surface area contributed by atoms with Crippen molar-refractivity contribution in [1.82, 2.24) is 30.0 Å². The van der Waals surface area contributed by atoms with Gasteiger partial charge in [0.2, 0.25) is 5.91 Å². The highest BCUT2D eigenvalue weighted by molar-refractivity contribution is 5.88. The molecule has 1 saturated heterocycles. The van der Waals surface area contributed by atoms with E-state index in [2.05, 4.69) is 80.4 Å². The summed E-state index contributed by atoms with van der Waals surface area (Å²) in [5.74, 6) is 0.840. The fourth-order valence-corrected chi connectivity index (χ4v) is 4.46. The van der Waals surface area contributed by atoms with Crippen LogP contribution in [-0.4, -0.2) is 63.3 Å². The van der Waals surface area contributed by atoms with Crippen molar-refractivity contribution in [3.63, 3.8) is 0 Å². The number of hydrogen-bond donors (Lipinski definition) is 1. The van der Waals surface area contributed by atoms with Gasteiger partial charge in [0.05, 0.1) is 11.1 Å². The SMILES string of the molecule is CCc1ccc(CNC(=O)C2CN(c3ncnc4nn(-c5ccc(C)cc5)cc34)CCN2C)cc1. The maximum atomic E-state index is 13.1. The van der Waals surface area contributed by atoms with Crippen molar-refractivity contribution in [3.8, 4) is 5.69 Å². The van der Waals surface area contributed by atoms with E-state index < -0.39 is 0 Å². The lowest BCUT2D eigenvalue weighted by Gasteiger charge is -2.39. The summed E-state index contributed by atoms with van der Waals surface area (Å²) in [5.41, 5.74) is 5.22. The van der Waals surface area contributed by atoms with Crippen molar-refractivity contribution in [3.05, 3.63) is 77.7 Å². The van der Waals surface area contributed by atoms with Crippen molar-refractivity contribution >= 4 is 22.8 Å². The standard InChI is InChI=1S/C27H31N7O/c1-4-20-7-9-21(10-8-20)15-28-27(35)24-17-33(14-13-32(24)3)26-23-16-34(31-25(23)29-18-30-26)22-11-5-19(2)6-12-22/h5-12,16,18,24H,4,13-15,17H2,1-3H3,(H,28,35). The number of nitrogens with one attached hydrogen (secondary N) is 1. The number of benzene rings is 2. The molecule has 1 unspecified atom stereocenters. The third-order valence-corrected chi connectivity index (χ3v) is 6.74. The average Bonchev–Trinajstić information content (AvgIpc) is 3.33. The van der Waals surface area contributed by atoms with Crippen LogP contribution in [0.5, 0.6) is 0 Å². The fourth-order valence-electron chi connectivity index (χ4n) is 4.46. The summed E-state index contributed by atoms with van der Waals surface area (Å²) in [7, 11) is 2.00. The molecular weight excluding hydrogens is 438 g/mol. The zero-order chi connectivity index (χ0) is 24.4. The van der Waals surface area contributed by atoms with E-state index in [9.17, 15) is 4.79 Å². The lowest BCUT2D eigenvalue weighted by atomic mass is 10.1. The van der Waals surface area contributed by atoms with Gasteiger partial charge in [0.1, 0.15) is 18.2 Å². The number of carbonyl (C=O) groups is 1. The second-order valence-electron chi connectivity index (χ2n) is 9.17. The van der Waals surface area contributed by atoms with Gasteiger partial charge < -0.3 is 10.2 Å². The van der Waals surface area contributed by atoms with Gasteiger partial charge in [0.25, 0.3) is 0 Å². The molecule has 3 heterocycles. The summed E-state index contributed by atoms with van der Waals surface area (Å²) in [5, 5.41) is 8.66. The summed E-state index contributed by atoms with van der Waals surface area (Å²) >= 11 is 0. The number of carbonyl (C=O) groups excluding carboxylic acids is 1. The van der Waals surface area contributed by atoms with Crippen LogP contribution in [-0.2, 0) is 17.8 Å². The maximum absolute atomic E-state index is 13.1. The monoisotopic (exact) mass is 469 g/mol. The summed E-state index contributed by atoms with van der Waals surface area (Å²) in [6.45, 7) is 6.82. The largest absolute Gasteiger partial charge is 0.353 e. The Morgan fingerprint density at radius 2 is 1.77 bits per heavy atom. The Hall–Kier alpha value is -3.78. The van der Waals surface area contributed by atoms with Gasteiger partial charge in [-0.15, -0.1) is 5.10 Å². The molecule has 2 aromatic heterocycles. The predicted molar refractivity (Wildman–Crippen MR) is 138 cm³/mol. The van der Waals surface area contributed by atoms with Crippen LogP contribution in [0.4, 0.5) is 5.82 Å². The van der Waals surface area contributed by atoms with E-state index in [4.69, 9.17) is 0 Å². The molecule has 1 N–H and O–H groups in total. The average molecular weight is 470 g/mol. The highest BCUT2D eigenvalue weighted by Gasteiger charge is 2.31. The lowest BCUT2D eigenvalue weighted by Crippen LogP contribution is -2.57. The Bertz CT molecular complexity index is 1310. The molecule has 1 aliphatic heterocycles. The zero-order valence-corrected chi connectivity index (χ0v) is 20.5. The van der Waals surface area contributed by atoms with E-state index >= 15 is 0 Å². The van der Waals surface area contributed by atoms with Crippen LogP contribution in [0.25, 0.3) is 16.7 Å². The molecule has 0 aliphatic carbocycles. The third-order valence-electron chi connectivity index (χ3n) is 6.74. The van der Waals surface area contributed by atoms with Crippen molar-refractivity contribution in [2.45, 2.75) is 32.9 Å². The molecule has 0 spiro atoms. The van der Waals surface area contributed by atoms with Gasteiger partial charge in [-0.2, -0.15) is 0 Å². The van der Waals surface area contributed by atoms with Crippen LogP contribution in [0.1, 0.15) is 23.6 Å². The summed E-state index contributed by atoms with van der Waals surface area (Å²) in [6.07, 6.45) is 4.54. The highest BCUT2D eigenvalue weighted by Crippen LogP contribution is 2.25. The van der Waals surface area contributed by atoms with Gasteiger partial charge in [-0.1, -0.05) is 48.9 Å². The smallest absolute Gasteiger partial charge is 0.239 e. The number of hydrogen-bond acceptors (Lipinski definition) is 6. The van der Waals surface area contributed by atoms with E-state index in [0.29, 0.717) is 18.7 Å². The van der Waals surface area contributed by atoms with E-state index in [1.54, 1.807) is 6.33 Å². The first-order valence-corrected chi connectivity index (χ1v) is 12.1. The predicted octanol–water partition coefficient (Wildman–Crippen LogP) is 3.12. The van der Waals surface area contributed by atoms with Crippen molar-refractivity contribution in [2.24, 2.45) is 0 Å². The minimum absolute atomic E-state index is 0.0254. The Labute approximate surface area is 205 Å². The molecule has 8 nitrogen and oxygen atoms in total. The van der Waals surface area contributed by atoms with Gasteiger partial charge in [-0.3, -0.25) is 9.69 Å². The minimum Gasteiger partial charge on any atom is -0.353 e. The molecule has 0 saturated carbocycles. The Morgan fingerprint density at radius 3 is 2.51 bits per heavy atom. The molecule has 4 aromatic rings. The summed E-state index contributed by atoms with van der Waals surface area (Å²) in [6, 6.07) is 16.3. The molecule has 1 amide bonds. The number of nitrogens with zero attached hydrogens (tertiary/aromatic N) is 6. The quantitative estimate of drug-likeness (QED) is 0.468. The fraction of sp³-hybridized carbons (Fsp3) is 0.333. The normalized spacial score (nSPS) is 16.5. The van der Waals surface area contributed by atoms with Crippen LogP contribution < -0.4 is 10.2 Å². The number of rotatable bonds is 6. The number of fused-ring (bicyclic) bond motifs is 1. The Morgan fingerprint density at radius 1 is 1.03 bits per heavy atom. The second-order valence-corrected chi connectivity index (χ2v) is 9.17. The van der Waals surface area contributed by atoms with Crippen LogP contribution in [0.15, 0.2) is 61.1 Å². The topological polar surface area (TPSA) is 79.2 Å². The van der Waals surface area contributed by atoms with Crippen LogP contribution in [0.2, 0.25) is 0 Å². The molecule has 1 fully saturated rings. The molecule has 1 atom stereocenters. The molecule has 5 rings (SSSR count). The van der Waals surface area contributed by atoms with Crippen LogP contribution >= 0.6 is 0 Å². The summed E-state index contributed by atoms with van der Waals surface area (Å²) < 4.78 is 1.84. The zero-order valence-electron chi connectivity index (χ0n) is 20.5. The first kappa shape index (κ1) is 23.0. The Balaban J connectivity index is 1.33. The number of aromatic nitrogens is 4. The molecule has 2 aromatic carbocycles. The van der Waals surface area contributed by atoms with E-state index in [1.807, 2.05) is 30.1 Å². The van der Waals surface area contributed by atoms with Gasteiger partial charge in [0, 0.05) is 32.4 Å². The number of likely N-dealkylation sites (N-methyl/N-ethyl adjacent to an activating group) is 1. The highest BCUT2D eigenvalue weighted by atomic mass is 16.2. The van der Waals surface area contributed by atoms with Gasteiger partial charge in [0.15, 0.2) is 5.65 Å². The molecule has 8 heteroatoms. The van der Waals surface area contributed by atoms with Gasteiger partial charge in [-0.25, -0.2) is 14.6 Å². The van der Waals surface area contributed by atoms with Gasteiger partial charge in [-0.05, 0) is 43.7 Å². The first-order chi connectivity index (χ1) is 17.0. The first-order valence-electron chi connectivity index (χ1n) is 12.1. The number of piperazine rings is 1. The number of amides is 1. The Kier molecular flexibility index (Phi) is 6.46. The maximum Gasteiger partial charge on any atom is 0.239 e. The van der Waals surface area contributed by atoms with Crippen molar-refractivity contribution < 1.29 is 4.79 Å². The number of anilines is 1. The van der Waals surface area contributed by atoms with Crippen LogP contribution in [0.3, 0.4) is 0 Å². The second kappa shape index (κ2) is 9.84.